The minimum absolute atomic E-state index is 0.172. The Bertz CT molecular complexity index is 762. The third kappa shape index (κ3) is 4.82. The predicted octanol–water partition coefficient (Wildman–Crippen LogP) is 2.46. The van der Waals surface area contributed by atoms with Crippen LogP contribution in [0.5, 0.6) is 5.75 Å². The number of carbonyl (C=O) groups excluding carboxylic acids is 1. The quantitative estimate of drug-likeness (QED) is 0.894. The molecule has 0 saturated carbocycles. The molecular formula is C16H15F3N4O3. The first-order chi connectivity index (χ1) is 12.4. The molecule has 26 heavy (non-hydrogen) atoms. The first kappa shape index (κ1) is 17.9. The second kappa shape index (κ2) is 7.56. The largest absolute Gasteiger partial charge is 0.573 e. The van der Waals surface area contributed by atoms with Crippen molar-refractivity contribution in [2.24, 2.45) is 0 Å². The molecule has 2 heterocycles. The zero-order chi connectivity index (χ0) is 18.6. The van der Waals surface area contributed by atoms with Crippen molar-refractivity contribution >= 4 is 17.5 Å². The van der Waals surface area contributed by atoms with E-state index in [2.05, 4.69) is 20.0 Å². The summed E-state index contributed by atoms with van der Waals surface area (Å²) in [6.07, 6.45) is -3.44. The Kier molecular flexibility index (Phi) is 5.21. The van der Waals surface area contributed by atoms with Gasteiger partial charge >= 0.3 is 6.36 Å². The molecule has 1 amide bonds. The van der Waals surface area contributed by atoms with Crippen molar-refractivity contribution in [1.82, 2.24) is 9.97 Å². The summed E-state index contributed by atoms with van der Waals surface area (Å²) in [6.45, 7) is 2.56. The maximum Gasteiger partial charge on any atom is 0.573 e. The van der Waals surface area contributed by atoms with E-state index in [4.69, 9.17) is 4.74 Å². The predicted molar refractivity (Wildman–Crippen MR) is 86.1 cm³/mol. The van der Waals surface area contributed by atoms with E-state index in [1.165, 1.54) is 18.5 Å². The van der Waals surface area contributed by atoms with Crippen LogP contribution in [0.1, 0.15) is 10.4 Å². The van der Waals surface area contributed by atoms with E-state index in [1.807, 2.05) is 4.90 Å². The number of rotatable bonds is 4. The Hall–Kier alpha value is -2.88. The first-order valence-electron chi connectivity index (χ1n) is 7.73. The van der Waals surface area contributed by atoms with Crippen LogP contribution < -0.4 is 15.0 Å². The lowest BCUT2D eigenvalue weighted by atomic mass is 10.2. The highest BCUT2D eigenvalue weighted by molar-refractivity contribution is 6.03. The molecule has 10 heteroatoms. The average molecular weight is 368 g/mol. The zero-order valence-electron chi connectivity index (χ0n) is 13.5. The molecule has 1 saturated heterocycles. The molecule has 0 radical (unpaired) electrons. The smallest absolute Gasteiger partial charge is 0.406 e. The Morgan fingerprint density at radius 1 is 1.15 bits per heavy atom. The summed E-state index contributed by atoms with van der Waals surface area (Å²) in [5, 5.41) is 2.59. The number of hydrogen-bond acceptors (Lipinski definition) is 6. The molecule has 0 aliphatic carbocycles. The molecule has 1 fully saturated rings. The minimum atomic E-state index is -4.78. The van der Waals surface area contributed by atoms with Crippen LogP contribution in [0.4, 0.5) is 24.8 Å². The number of anilines is 2. The highest BCUT2D eigenvalue weighted by Gasteiger charge is 2.31. The van der Waals surface area contributed by atoms with Gasteiger partial charge in [-0.25, -0.2) is 9.97 Å². The van der Waals surface area contributed by atoms with Gasteiger partial charge in [0, 0.05) is 24.7 Å². The van der Waals surface area contributed by atoms with E-state index in [1.54, 1.807) is 6.07 Å². The van der Waals surface area contributed by atoms with E-state index in [-0.39, 0.29) is 5.56 Å². The number of benzene rings is 1. The molecule has 0 spiro atoms. The monoisotopic (exact) mass is 368 g/mol. The van der Waals surface area contributed by atoms with Gasteiger partial charge in [-0.1, -0.05) is 0 Å². The molecule has 1 aliphatic heterocycles. The molecule has 1 aromatic heterocycles. The van der Waals surface area contributed by atoms with Crippen LogP contribution in [0.2, 0.25) is 0 Å². The summed E-state index contributed by atoms with van der Waals surface area (Å²) in [5.41, 5.74) is 0.172. The van der Waals surface area contributed by atoms with Crippen LogP contribution in [0.3, 0.4) is 0 Å². The summed E-state index contributed by atoms with van der Waals surface area (Å²) in [7, 11) is 0. The normalized spacial score (nSPS) is 14.8. The van der Waals surface area contributed by atoms with Crippen LogP contribution in [0.25, 0.3) is 0 Å². The average Bonchev–Trinajstić information content (AvgIpc) is 2.62. The topological polar surface area (TPSA) is 76.6 Å². The molecule has 138 valence electrons. The van der Waals surface area contributed by atoms with Gasteiger partial charge in [0.2, 0.25) is 0 Å². The summed E-state index contributed by atoms with van der Waals surface area (Å²) in [5.74, 6) is 0.0514. The zero-order valence-corrected chi connectivity index (χ0v) is 13.5. The summed E-state index contributed by atoms with van der Waals surface area (Å²) >= 11 is 0. The summed E-state index contributed by atoms with van der Waals surface area (Å²) in [6, 6.07) is 6.24. The highest BCUT2D eigenvalue weighted by Crippen LogP contribution is 2.23. The van der Waals surface area contributed by atoms with E-state index in [0.717, 1.165) is 12.1 Å². The standard InChI is InChI=1S/C16H15F3N4O3/c17-16(18,19)26-12-3-1-11(2-4-12)15(24)22-13-9-14(21-10-20-13)23-5-7-25-8-6-23/h1-4,9-10H,5-8H2,(H,20,21,22,24). The second-order valence-electron chi connectivity index (χ2n) is 5.39. The summed E-state index contributed by atoms with van der Waals surface area (Å²) in [4.78, 5) is 22.4. The van der Waals surface area contributed by atoms with Gasteiger partial charge in [-0.15, -0.1) is 13.2 Å². The molecule has 1 aliphatic rings. The van der Waals surface area contributed by atoms with Crippen molar-refractivity contribution < 1.29 is 27.4 Å². The lowest BCUT2D eigenvalue weighted by Gasteiger charge is -2.27. The van der Waals surface area contributed by atoms with Crippen molar-refractivity contribution in [2.75, 3.05) is 36.5 Å². The van der Waals surface area contributed by atoms with Crippen molar-refractivity contribution in [3.05, 3.63) is 42.2 Å². The molecule has 1 N–H and O–H groups in total. The molecule has 7 nitrogen and oxygen atoms in total. The van der Waals surface area contributed by atoms with Gasteiger partial charge in [-0.05, 0) is 24.3 Å². The number of halogens is 3. The molecular weight excluding hydrogens is 353 g/mol. The van der Waals surface area contributed by atoms with E-state index >= 15 is 0 Å². The fourth-order valence-electron chi connectivity index (χ4n) is 2.38. The van der Waals surface area contributed by atoms with Gasteiger partial charge in [0.1, 0.15) is 23.7 Å². The van der Waals surface area contributed by atoms with Crippen molar-refractivity contribution in [1.29, 1.82) is 0 Å². The number of nitrogens with zero attached hydrogens (tertiary/aromatic N) is 3. The fraction of sp³-hybridized carbons (Fsp3) is 0.312. The van der Waals surface area contributed by atoms with E-state index < -0.39 is 18.0 Å². The van der Waals surface area contributed by atoms with Crippen LogP contribution >= 0.6 is 0 Å². The van der Waals surface area contributed by atoms with E-state index in [9.17, 15) is 18.0 Å². The van der Waals surface area contributed by atoms with Crippen molar-refractivity contribution in [3.63, 3.8) is 0 Å². The number of nitrogens with one attached hydrogen (secondary N) is 1. The lowest BCUT2D eigenvalue weighted by Crippen LogP contribution is -2.36. The first-order valence-corrected chi connectivity index (χ1v) is 7.73. The molecule has 3 rings (SSSR count). The fourth-order valence-corrected chi connectivity index (χ4v) is 2.38. The van der Waals surface area contributed by atoms with Gasteiger partial charge < -0.3 is 19.7 Å². The number of ether oxygens (including phenoxy) is 2. The SMILES string of the molecule is O=C(Nc1cc(N2CCOCC2)ncn1)c1ccc(OC(F)(F)F)cc1. The summed E-state index contributed by atoms with van der Waals surface area (Å²) < 4.78 is 45.5. The Morgan fingerprint density at radius 3 is 2.50 bits per heavy atom. The van der Waals surface area contributed by atoms with Gasteiger partial charge in [0.05, 0.1) is 13.2 Å². The Labute approximate surface area is 146 Å². The number of carbonyl (C=O) groups is 1. The number of aromatic nitrogens is 2. The van der Waals surface area contributed by atoms with Crippen LogP contribution in [0.15, 0.2) is 36.7 Å². The van der Waals surface area contributed by atoms with E-state index in [0.29, 0.717) is 37.9 Å². The Morgan fingerprint density at radius 2 is 1.85 bits per heavy atom. The molecule has 0 bridgehead atoms. The highest BCUT2D eigenvalue weighted by atomic mass is 19.4. The number of morpholine rings is 1. The van der Waals surface area contributed by atoms with Gasteiger partial charge in [0.15, 0.2) is 0 Å². The molecule has 0 unspecified atom stereocenters. The van der Waals surface area contributed by atoms with Gasteiger partial charge in [0.25, 0.3) is 5.91 Å². The van der Waals surface area contributed by atoms with Crippen LogP contribution in [-0.2, 0) is 4.74 Å². The Balaban J connectivity index is 1.66. The lowest BCUT2D eigenvalue weighted by molar-refractivity contribution is -0.274. The number of hydrogen-bond donors (Lipinski definition) is 1. The molecule has 2 aromatic rings. The molecule has 1 aromatic carbocycles. The number of alkyl halides is 3. The third-order valence-corrected chi connectivity index (χ3v) is 3.58. The number of amides is 1. The van der Waals surface area contributed by atoms with Crippen LogP contribution in [-0.4, -0.2) is 48.5 Å². The minimum Gasteiger partial charge on any atom is -0.406 e. The maximum absolute atomic E-state index is 12.2. The maximum atomic E-state index is 12.2. The van der Waals surface area contributed by atoms with Gasteiger partial charge in [-0.3, -0.25) is 4.79 Å². The van der Waals surface area contributed by atoms with Gasteiger partial charge in [-0.2, -0.15) is 0 Å². The third-order valence-electron chi connectivity index (χ3n) is 3.58. The van der Waals surface area contributed by atoms with Crippen molar-refractivity contribution in [2.45, 2.75) is 6.36 Å². The molecule has 0 atom stereocenters. The van der Waals surface area contributed by atoms with Crippen molar-refractivity contribution in [3.8, 4) is 5.75 Å². The van der Waals surface area contributed by atoms with Crippen LogP contribution in [0, 0.1) is 0 Å². The second-order valence-corrected chi connectivity index (χ2v) is 5.39.